The lowest BCUT2D eigenvalue weighted by Crippen LogP contribution is -1.95. The molecule has 0 radical (unpaired) electrons. The molecule has 0 spiro atoms. The molecule has 0 amide bonds. The molecule has 0 aliphatic heterocycles. The highest BCUT2D eigenvalue weighted by Gasteiger charge is 1.98. The van der Waals surface area contributed by atoms with Gasteiger partial charge in [-0.2, -0.15) is 20.7 Å². The fraction of sp³-hybridized carbons (Fsp3) is 0.100. The molecule has 2 rings (SSSR count). The van der Waals surface area contributed by atoms with Crippen LogP contribution in [-0.2, 0) is 6.61 Å². The lowest BCUT2D eigenvalue weighted by molar-refractivity contribution is 0.301. The summed E-state index contributed by atoms with van der Waals surface area (Å²) in [6, 6.07) is 8.95. The maximum Gasteiger partial charge on any atom is 0.134 e. The van der Waals surface area contributed by atoms with Gasteiger partial charge in [-0.05, 0) is 24.3 Å². The van der Waals surface area contributed by atoms with E-state index in [1.165, 1.54) is 0 Å². The SMILES string of the molecule is N#Cc1ccc(OCc2cn[nH]n2)cc1. The Hall–Kier alpha value is -2.35. The lowest BCUT2D eigenvalue weighted by atomic mass is 10.2. The molecule has 15 heavy (non-hydrogen) atoms. The molecule has 0 saturated heterocycles. The van der Waals surface area contributed by atoms with Gasteiger partial charge in [0.15, 0.2) is 0 Å². The van der Waals surface area contributed by atoms with E-state index in [-0.39, 0.29) is 0 Å². The average Bonchev–Trinajstić information content (AvgIpc) is 2.80. The molecule has 0 bridgehead atoms. The van der Waals surface area contributed by atoms with Crippen molar-refractivity contribution in [3.63, 3.8) is 0 Å². The average molecular weight is 200 g/mol. The van der Waals surface area contributed by atoms with Gasteiger partial charge < -0.3 is 4.74 Å². The van der Waals surface area contributed by atoms with Crippen molar-refractivity contribution in [3.8, 4) is 11.8 Å². The van der Waals surface area contributed by atoms with Crippen LogP contribution in [0.25, 0.3) is 0 Å². The summed E-state index contributed by atoms with van der Waals surface area (Å²) in [5.41, 5.74) is 1.35. The predicted molar refractivity (Wildman–Crippen MR) is 51.9 cm³/mol. The topological polar surface area (TPSA) is 74.6 Å². The zero-order valence-electron chi connectivity index (χ0n) is 7.84. The molecule has 2 aromatic rings. The number of aromatic nitrogens is 3. The smallest absolute Gasteiger partial charge is 0.134 e. The molecule has 5 heteroatoms. The molecule has 1 aromatic heterocycles. The van der Waals surface area contributed by atoms with Crippen LogP contribution in [0.5, 0.6) is 5.75 Å². The second-order valence-electron chi connectivity index (χ2n) is 2.89. The quantitative estimate of drug-likeness (QED) is 0.809. The van der Waals surface area contributed by atoms with Crippen molar-refractivity contribution in [1.29, 1.82) is 5.26 Å². The first-order chi connectivity index (χ1) is 7.38. The zero-order valence-corrected chi connectivity index (χ0v) is 7.84. The number of benzene rings is 1. The highest BCUT2D eigenvalue weighted by atomic mass is 16.5. The van der Waals surface area contributed by atoms with Crippen molar-refractivity contribution in [1.82, 2.24) is 15.4 Å². The standard InChI is InChI=1S/C10H8N4O/c11-5-8-1-3-10(4-2-8)15-7-9-6-12-14-13-9/h1-4,6H,7H2,(H,12,13,14). The molecular weight excluding hydrogens is 192 g/mol. The lowest BCUT2D eigenvalue weighted by Gasteiger charge is -2.02. The number of nitriles is 1. The number of rotatable bonds is 3. The number of nitrogens with zero attached hydrogens (tertiary/aromatic N) is 3. The number of nitrogens with one attached hydrogen (secondary N) is 1. The van der Waals surface area contributed by atoms with Gasteiger partial charge in [0.05, 0.1) is 17.8 Å². The van der Waals surface area contributed by atoms with E-state index in [9.17, 15) is 0 Å². The molecule has 1 heterocycles. The zero-order chi connectivity index (χ0) is 10.5. The summed E-state index contributed by atoms with van der Waals surface area (Å²) in [6.07, 6.45) is 1.60. The highest BCUT2D eigenvalue weighted by Crippen LogP contribution is 2.12. The first-order valence-electron chi connectivity index (χ1n) is 4.36. The number of hydrogen-bond acceptors (Lipinski definition) is 4. The van der Waals surface area contributed by atoms with Crippen LogP contribution in [0.1, 0.15) is 11.3 Å². The third-order valence-corrected chi connectivity index (χ3v) is 1.84. The van der Waals surface area contributed by atoms with E-state index in [0.29, 0.717) is 17.9 Å². The van der Waals surface area contributed by atoms with E-state index in [4.69, 9.17) is 10.00 Å². The summed E-state index contributed by atoms with van der Waals surface area (Å²) in [7, 11) is 0. The van der Waals surface area contributed by atoms with Crippen molar-refractivity contribution in [3.05, 3.63) is 41.7 Å². The molecule has 0 aliphatic rings. The fourth-order valence-corrected chi connectivity index (χ4v) is 1.08. The first kappa shape index (κ1) is 9.21. The maximum absolute atomic E-state index is 8.60. The van der Waals surface area contributed by atoms with E-state index in [0.717, 1.165) is 5.69 Å². The number of ether oxygens (including phenoxy) is 1. The van der Waals surface area contributed by atoms with Gasteiger partial charge in [-0.1, -0.05) is 0 Å². The van der Waals surface area contributed by atoms with Crippen LogP contribution in [-0.4, -0.2) is 15.4 Å². The Kier molecular flexibility index (Phi) is 2.61. The monoisotopic (exact) mass is 200 g/mol. The summed E-state index contributed by atoms with van der Waals surface area (Å²) < 4.78 is 5.42. The van der Waals surface area contributed by atoms with Crippen LogP contribution in [0.4, 0.5) is 0 Å². The van der Waals surface area contributed by atoms with Crippen LogP contribution in [0.15, 0.2) is 30.5 Å². The summed E-state index contributed by atoms with van der Waals surface area (Å²) in [5.74, 6) is 0.706. The second kappa shape index (κ2) is 4.24. The molecule has 0 aliphatic carbocycles. The Balaban J connectivity index is 1.97. The summed E-state index contributed by atoms with van der Waals surface area (Å²) >= 11 is 0. The Morgan fingerprint density at radius 3 is 2.73 bits per heavy atom. The van der Waals surface area contributed by atoms with E-state index in [1.54, 1.807) is 30.5 Å². The van der Waals surface area contributed by atoms with Crippen molar-refractivity contribution >= 4 is 0 Å². The van der Waals surface area contributed by atoms with Crippen LogP contribution in [0, 0.1) is 11.3 Å². The minimum Gasteiger partial charge on any atom is -0.487 e. The van der Waals surface area contributed by atoms with Gasteiger partial charge in [0, 0.05) is 0 Å². The van der Waals surface area contributed by atoms with Gasteiger partial charge in [0.25, 0.3) is 0 Å². The van der Waals surface area contributed by atoms with E-state index >= 15 is 0 Å². The van der Waals surface area contributed by atoms with Gasteiger partial charge >= 0.3 is 0 Å². The van der Waals surface area contributed by atoms with Crippen LogP contribution in [0.3, 0.4) is 0 Å². The number of hydrogen-bond donors (Lipinski definition) is 1. The molecule has 0 fully saturated rings. The van der Waals surface area contributed by atoms with Gasteiger partial charge in [-0.25, -0.2) is 0 Å². The molecule has 0 atom stereocenters. The number of aromatic amines is 1. The van der Waals surface area contributed by atoms with Crippen LogP contribution >= 0.6 is 0 Å². The molecule has 0 unspecified atom stereocenters. The maximum atomic E-state index is 8.60. The normalized spacial score (nSPS) is 9.53. The first-order valence-corrected chi connectivity index (χ1v) is 4.36. The third-order valence-electron chi connectivity index (χ3n) is 1.84. The minimum absolute atomic E-state index is 0.363. The molecule has 5 nitrogen and oxygen atoms in total. The molecule has 0 saturated carbocycles. The van der Waals surface area contributed by atoms with Gasteiger partial charge in [0.1, 0.15) is 18.1 Å². The summed E-state index contributed by atoms with van der Waals surface area (Å²) in [6.45, 7) is 0.363. The van der Waals surface area contributed by atoms with Crippen LogP contribution in [0.2, 0.25) is 0 Å². The number of H-pyrrole nitrogens is 1. The Labute approximate surface area is 86.3 Å². The van der Waals surface area contributed by atoms with Gasteiger partial charge in [0.2, 0.25) is 0 Å². The van der Waals surface area contributed by atoms with E-state index in [1.807, 2.05) is 6.07 Å². The third kappa shape index (κ3) is 2.31. The highest BCUT2D eigenvalue weighted by molar-refractivity contribution is 5.34. The molecular formula is C10H8N4O. The Bertz CT molecular complexity index is 455. The van der Waals surface area contributed by atoms with Crippen molar-refractivity contribution in [2.24, 2.45) is 0 Å². The largest absolute Gasteiger partial charge is 0.487 e. The minimum atomic E-state index is 0.363. The van der Waals surface area contributed by atoms with Gasteiger partial charge in [-0.3, -0.25) is 0 Å². The van der Waals surface area contributed by atoms with Crippen LogP contribution < -0.4 is 4.74 Å². The summed E-state index contributed by atoms with van der Waals surface area (Å²) in [4.78, 5) is 0. The summed E-state index contributed by atoms with van der Waals surface area (Å²) in [5, 5.41) is 18.6. The van der Waals surface area contributed by atoms with Crippen molar-refractivity contribution in [2.45, 2.75) is 6.61 Å². The van der Waals surface area contributed by atoms with E-state index < -0.39 is 0 Å². The van der Waals surface area contributed by atoms with E-state index in [2.05, 4.69) is 15.4 Å². The molecule has 74 valence electrons. The van der Waals surface area contributed by atoms with Crippen molar-refractivity contribution < 1.29 is 4.74 Å². The Morgan fingerprint density at radius 1 is 1.33 bits per heavy atom. The second-order valence-corrected chi connectivity index (χ2v) is 2.89. The molecule has 1 N–H and O–H groups in total. The fourth-order valence-electron chi connectivity index (χ4n) is 1.08. The predicted octanol–water partition coefficient (Wildman–Crippen LogP) is 1.26. The van der Waals surface area contributed by atoms with Crippen molar-refractivity contribution in [2.75, 3.05) is 0 Å². The Morgan fingerprint density at radius 2 is 2.13 bits per heavy atom. The molecule has 1 aromatic carbocycles. The van der Waals surface area contributed by atoms with Gasteiger partial charge in [-0.15, -0.1) is 0 Å².